The molecule has 0 aliphatic heterocycles. The second kappa shape index (κ2) is 3.94. The Balaban J connectivity index is 2.50. The lowest BCUT2D eigenvalue weighted by atomic mass is 10.1. The Morgan fingerprint density at radius 2 is 2.00 bits per heavy atom. The summed E-state index contributed by atoms with van der Waals surface area (Å²) < 4.78 is 7.17. The van der Waals surface area contributed by atoms with Crippen LogP contribution in [0.5, 0.6) is 5.88 Å². The Bertz CT molecular complexity index is 717. The molecule has 2 heterocycles. The average Bonchev–Trinajstić information content (AvgIpc) is 2.83. The average molecular weight is 242 g/mol. The number of aromatic nitrogens is 4. The molecule has 18 heavy (non-hydrogen) atoms. The maximum Gasteiger partial charge on any atom is 0.242 e. The summed E-state index contributed by atoms with van der Waals surface area (Å²) in [6.45, 7) is 4.16. The van der Waals surface area contributed by atoms with Crippen LogP contribution in [0.4, 0.5) is 0 Å². The monoisotopic (exact) mass is 242 g/mol. The van der Waals surface area contributed by atoms with E-state index in [9.17, 15) is 0 Å². The number of hydrogen-bond donors (Lipinski definition) is 0. The Morgan fingerprint density at radius 3 is 2.72 bits per heavy atom. The van der Waals surface area contributed by atoms with Crippen molar-refractivity contribution in [2.45, 2.75) is 19.8 Å². The topological polar surface area (TPSA) is 52.3 Å². The minimum atomic E-state index is 0.277. The highest BCUT2D eigenvalue weighted by Crippen LogP contribution is 2.28. The van der Waals surface area contributed by atoms with Crippen LogP contribution in [0.1, 0.15) is 25.5 Å². The summed E-state index contributed by atoms with van der Waals surface area (Å²) >= 11 is 0. The first-order valence-electron chi connectivity index (χ1n) is 5.90. The van der Waals surface area contributed by atoms with Crippen LogP contribution in [0.15, 0.2) is 24.3 Å². The zero-order valence-electron chi connectivity index (χ0n) is 10.6. The number of rotatable bonds is 2. The van der Waals surface area contributed by atoms with E-state index in [0.717, 1.165) is 22.2 Å². The predicted octanol–water partition coefficient (Wildman–Crippen LogP) is 2.41. The van der Waals surface area contributed by atoms with Gasteiger partial charge in [-0.3, -0.25) is 0 Å². The van der Waals surface area contributed by atoms with E-state index < -0.39 is 0 Å². The molecular weight excluding hydrogens is 228 g/mol. The van der Waals surface area contributed by atoms with Crippen LogP contribution >= 0.6 is 0 Å². The molecule has 0 fully saturated rings. The van der Waals surface area contributed by atoms with Gasteiger partial charge in [0.05, 0.1) is 23.8 Å². The van der Waals surface area contributed by atoms with Gasteiger partial charge in [0.25, 0.3) is 0 Å². The van der Waals surface area contributed by atoms with Crippen LogP contribution in [0.2, 0.25) is 0 Å². The van der Waals surface area contributed by atoms with E-state index >= 15 is 0 Å². The molecule has 0 spiro atoms. The fourth-order valence-corrected chi connectivity index (χ4v) is 2.09. The van der Waals surface area contributed by atoms with Gasteiger partial charge in [0, 0.05) is 0 Å². The maximum absolute atomic E-state index is 5.37. The SMILES string of the molecule is COc1nc2ccccc2n2nnc(C(C)C)c12. The Kier molecular flexibility index (Phi) is 2.40. The molecule has 3 aromatic rings. The fourth-order valence-electron chi connectivity index (χ4n) is 2.09. The standard InChI is InChI=1S/C13H14N4O/c1-8(2)11-12-13(18-3)14-9-6-4-5-7-10(9)17(12)16-15-11/h4-8H,1-3H3. The minimum absolute atomic E-state index is 0.277. The number of ether oxygens (including phenoxy) is 1. The summed E-state index contributed by atoms with van der Waals surface area (Å²) in [6.07, 6.45) is 0. The second-order valence-corrected chi connectivity index (χ2v) is 4.50. The lowest BCUT2D eigenvalue weighted by Gasteiger charge is -2.07. The Morgan fingerprint density at radius 1 is 1.22 bits per heavy atom. The summed E-state index contributed by atoms with van der Waals surface area (Å²) in [6, 6.07) is 7.83. The van der Waals surface area contributed by atoms with Crippen molar-refractivity contribution in [3.63, 3.8) is 0 Å². The van der Waals surface area contributed by atoms with E-state index in [2.05, 4.69) is 29.1 Å². The van der Waals surface area contributed by atoms with E-state index in [-0.39, 0.29) is 5.92 Å². The Hall–Kier alpha value is -2.17. The molecule has 0 unspecified atom stereocenters. The number of methoxy groups -OCH3 is 1. The molecule has 0 amide bonds. The number of hydrogen-bond acceptors (Lipinski definition) is 4. The Labute approximate surface area is 104 Å². The number of fused-ring (bicyclic) bond motifs is 3. The normalized spacial score (nSPS) is 11.6. The highest BCUT2D eigenvalue weighted by atomic mass is 16.5. The molecule has 5 nitrogen and oxygen atoms in total. The highest BCUT2D eigenvalue weighted by molar-refractivity contribution is 5.81. The molecule has 0 saturated carbocycles. The van der Waals surface area contributed by atoms with Gasteiger partial charge in [-0.15, -0.1) is 5.10 Å². The van der Waals surface area contributed by atoms with Crippen molar-refractivity contribution >= 4 is 16.6 Å². The van der Waals surface area contributed by atoms with Crippen LogP contribution in [-0.4, -0.2) is 26.9 Å². The van der Waals surface area contributed by atoms with E-state index in [1.807, 2.05) is 24.3 Å². The van der Waals surface area contributed by atoms with Crippen LogP contribution < -0.4 is 4.74 Å². The van der Waals surface area contributed by atoms with Crippen molar-refractivity contribution in [2.75, 3.05) is 7.11 Å². The summed E-state index contributed by atoms with van der Waals surface area (Å²) in [7, 11) is 1.62. The molecule has 92 valence electrons. The summed E-state index contributed by atoms with van der Waals surface area (Å²) in [5.74, 6) is 0.849. The van der Waals surface area contributed by atoms with Gasteiger partial charge < -0.3 is 4.74 Å². The van der Waals surface area contributed by atoms with Crippen molar-refractivity contribution < 1.29 is 4.74 Å². The lowest BCUT2D eigenvalue weighted by Crippen LogP contribution is -1.99. The molecule has 0 aliphatic rings. The van der Waals surface area contributed by atoms with Gasteiger partial charge in [0.1, 0.15) is 0 Å². The van der Waals surface area contributed by atoms with Gasteiger partial charge >= 0.3 is 0 Å². The van der Waals surface area contributed by atoms with Gasteiger partial charge in [0.2, 0.25) is 5.88 Å². The largest absolute Gasteiger partial charge is 0.479 e. The van der Waals surface area contributed by atoms with E-state index in [1.54, 1.807) is 11.6 Å². The zero-order chi connectivity index (χ0) is 12.7. The van der Waals surface area contributed by atoms with Crippen LogP contribution in [0.25, 0.3) is 16.6 Å². The predicted molar refractivity (Wildman–Crippen MR) is 68.9 cm³/mol. The molecule has 0 radical (unpaired) electrons. The van der Waals surface area contributed by atoms with E-state index in [4.69, 9.17) is 4.74 Å². The minimum Gasteiger partial charge on any atom is -0.479 e. The molecule has 1 aromatic carbocycles. The molecule has 0 aliphatic carbocycles. The zero-order valence-corrected chi connectivity index (χ0v) is 10.6. The third-order valence-electron chi connectivity index (χ3n) is 2.97. The third kappa shape index (κ3) is 1.44. The number of nitrogens with zero attached hydrogens (tertiary/aromatic N) is 4. The van der Waals surface area contributed by atoms with Gasteiger partial charge in [-0.05, 0) is 18.1 Å². The molecule has 0 atom stereocenters. The van der Waals surface area contributed by atoms with Crippen LogP contribution in [0.3, 0.4) is 0 Å². The lowest BCUT2D eigenvalue weighted by molar-refractivity contribution is 0.402. The first-order valence-corrected chi connectivity index (χ1v) is 5.90. The molecular formula is C13H14N4O. The highest BCUT2D eigenvalue weighted by Gasteiger charge is 2.17. The van der Waals surface area contributed by atoms with Crippen molar-refractivity contribution in [3.8, 4) is 5.88 Å². The fraction of sp³-hybridized carbons (Fsp3) is 0.308. The smallest absolute Gasteiger partial charge is 0.242 e. The van der Waals surface area contributed by atoms with Gasteiger partial charge in [-0.1, -0.05) is 31.2 Å². The van der Waals surface area contributed by atoms with Gasteiger partial charge in [-0.25, -0.2) is 9.50 Å². The molecule has 0 N–H and O–H groups in total. The quantitative estimate of drug-likeness (QED) is 0.692. The van der Waals surface area contributed by atoms with Crippen molar-refractivity contribution in [3.05, 3.63) is 30.0 Å². The van der Waals surface area contributed by atoms with Crippen LogP contribution in [0, 0.1) is 0 Å². The summed E-state index contributed by atoms with van der Waals surface area (Å²) in [5, 5.41) is 8.47. The molecule has 0 bridgehead atoms. The van der Waals surface area contributed by atoms with E-state index in [0.29, 0.717) is 5.88 Å². The van der Waals surface area contributed by atoms with Crippen molar-refractivity contribution in [1.82, 2.24) is 19.8 Å². The first-order chi connectivity index (χ1) is 8.72. The molecule has 0 saturated heterocycles. The van der Waals surface area contributed by atoms with E-state index in [1.165, 1.54) is 0 Å². The van der Waals surface area contributed by atoms with Crippen molar-refractivity contribution in [2.24, 2.45) is 0 Å². The maximum atomic E-state index is 5.37. The van der Waals surface area contributed by atoms with Crippen LogP contribution in [-0.2, 0) is 0 Å². The van der Waals surface area contributed by atoms with Gasteiger partial charge in [0.15, 0.2) is 5.52 Å². The second-order valence-electron chi connectivity index (χ2n) is 4.50. The number of para-hydroxylation sites is 2. The summed E-state index contributed by atoms with van der Waals surface area (Å²) in [4.78, 5) is 4.51. The first kappa shape index (κ1) is 11.0. The summed E-state index contributed by atoms with van der Waals surface area (Å²) in [5.41, 5.74) is 3.55. The number of benzene rings is 1. The van der Waals surface area contributed by atoms with Crippen molar-refractivity contribution in [1.29, 1.82) is 0 Å². The molecule has 5 heteroatoms. The molecule has 2 aromatic heterocycles. The van der Waals surface area contributed by atoms with Gasteiger partial charge in [-0.2, -0.15) is 0 Å². The third-order valence-corrected chi connectivity index (χ3v) is 2.97. The molecule has 3 rings (SSSR count).